The zero-order valence-electron chi connectivity index (χ0n) is 27.5. The Labute approximate surface area is 274 Å². The number of aryl methyl sites for hydroxylation is 2. The Hall–Kier alpha value is -3.54. The minimum absolute atomic E-state index is 0.188. The molecule has 0 aromatic heterocycles. The first kappa shape index (κ1) is 38.6. The molecule has 0 spiro atoms. The van der Waals surface area contributed by atoms with Gasteiger partial charge in [0, 0.05) is 25.5 Å². The lowest BCUT2D eigenvalue weighted by Gasteiger charge is -2.19. The maximum absolute atomic E-state index is 12.9. The second kappa shape index (κ2) is 18.0. The Kier molecular flexibility index (Phi) is 15.1. The number of aliphatic carboxylic acids is 1. The summed E-state index contributed by atoms with van der Waals surface area (Å²) in [5.74, 6) is -1.87. The Balaban J connectivity index is 0.000000353. The van der Waals surface area contributed by atoms with Crippen LogP contribution in [-0.2, 0) is 35.6 Å². The predicted molar refractivity (Wildman–Crippen MR) is 183 cm³/mol. The quantitative estimate of drug-likeness (QED) is 0.208. The highest BCUT2D eigenvalue weighted by Crippen LogP contribution is 2.29. The van der Waals surface area contributed by atoms with E-state index in [9.17, 15) is 31.5 Å². The van der Waals surface area contributed by atoms with Crippen LogP contribution in [0.4, 0.5) is 0 Å². The molecule has 252 valence electrons. The van der Waals surface area contributed by atoms with Gasteiger partial charge in [-0.3, -0.25) is 4.79 Å². The Morgan fingerprint density at radius 1 is 0.913 bits per heavy atom. The summed E-state index contributed by atoms with van der Waals surface area (Å²) in [4.78, 5) is 24.8. The van der Waals surface area contributed by atoms with E-state index in [0.717, 1.165) is 34.9 Å². The van der Waals surface area contributed by atoms with Crippen LogP contribution in [0.3, 0.4) is 0 Å². The largest absolute Gasteiger partial charge is 0.480 e. The number of sulfone groups is 2. The van der Waals surface area contributed by atoms with Crippen molar-refractivity contribution in [2.24, 2.45) is 5.92 Å². The third kappa shape index (κ3) is 11.7. The number of carboxylic acids is 1. The molecule has 0 fully saturated rings. The topological polar surface area (TPSA) is 144 Å². The number of hydrogen-bond donors (Lipinski definition) is 2. The molecule has 0 heterocycles. The second-order valence-electron chi connectivity index (χ2n) is 11.5. The van der Waals surface area contributed by atoms with Crippen molar-refractivity contribution in [3.8, 4) is 11.1 Å². The summed E-state index contributed by atoms with van der Waals surface area (Å²) in [7, 11) is -4.91. The van der Waals surface area contributed by atoms with Gasteiger partial charge in [0.25, 0.3) is 5.91 Å². The highest BCUT2D eigenvalue weighted by Gasteiger charge is 2.27. The van der Waals surface area contributed by atoms with Crippen LogP contribution in [0.1, 0.15) is 61.5 Å². The molecule has 3 aromatic carbocycles. The Morgan fingerprint density at radius 3 is 2.09 bits per heavy atom. The van der Waals surface area contributed by atoms with E-state index in [1.165, 1.54) is 0 Å². The van der Waals surface area contributed by atoms with E-state index in [2.05, 4.69) is 5.32 Å². The van der Waals surface area contributed by atoms with Crippen molar-refractivity contribution in [2.75, 3.05) is 25.7 Å². The first-order valence-electron chi connectivity index (χ1n) is 15.3. The van der Waals surface area contributed by atoms with E-state index < -0.39 is 37.6 Å². The van der Waals surface area contributed by atoms with Gasteiger partial charge in [-0.05, 0) is 79.0 Å². The zero-order chi connectivity index (χ0) is 34.5. The molecule has 3 unspecified atom stereocenters. The van der Waals surface area contributed by atoms with E-state index >= 15 is 0 Å². The SMILES string of the molecule is CCC(CC(C)COC)S(=O)(=O)c1ccccc1.CCc1ccc(C(=O)NC(CCS(C)(=O)=O)C(=O)O)c(-c2ccccc2C)c1. The molecule has 3 rings (SSSR count). The molecule has 3 aromatic rings. The van der Waals surface area contributed by atoms with Gasteiger partial charge in [-0.25, -0.2) is 21.6 Å². The molecule has 46 heavy (non-hydrogen) atoms. The molecule has 0 saturated carbocycles. The van der Waals surface area contributed by atoms with Crippen LogP contribution in [0.2, 0.25) is 0 Å². The van der Waals surface area contributed by atoms with Gasteiger partial charge in [-0.15, -0.1) is 0 Å². The number of nitrogens with one attached hydrogen (secondary N) is 1. The number of carboxylic acid groups (broad SMARTS) is 1. The van der Waals surface area contributed by atoms with Crippen LogP contribution in [0.25, 0.3) is 11.1 Å². The smallest absolute Gasteiger partial charge is 0.326 e. The average molecular weight is 674 g/mol. The minimum atomic E-state index is -3.33. The highest BCUT2D eigenvalue weighted by atomic mass is 32.2. The zero-order valence-corrected chi connectivity index (χ0v) is 29.2. The Bertz CT molecular complexity index is 1650. The lowest BCUT2D eigenvalue weighted by atomic mass is 9.93. The van der Waals surface area contributed by atoms with E-state index in [1.54, 1.807) is 37.4 Å². The summed E-state index contributed by atoms with van der Waals surface area (Å²) < 4.78 is 52.7. The number of amides is 1. The number of methoxy groups -OCH3 is 1. The molecule has 2 N–H and O–H groups in total. The monoisotopic (exact) mass is 673 g/mol. The van der Waals surface area contributed by atoms with Crippen molar-refractivity contribution >= 4 is 31.6 Å². The van der Waals surface area contributed by atoms with E-state index in [0.29, 0.717) is 29.9 Å². The lowest BCUT2D eigenvalue weighted by Crippen LogP contribution is -2.42. The van der Waals surface area contributed by atoms with Gasteiger partial charge in [0.15, 0.2) is 9.84 Å². The number of carbonyl (C=O) groups is 2. The van der Waals surface area contributed by atoms with Crippen molar-refractivity contribution in [1.82, 2.24) is 5.32 Å². The van der Waals surface area contributed by atoms with Gasteiger partial charge >= 0.3 is 5.97 Å². The maximum atomic E-state index is 12.9. The predicted octanol–water partition coefficient (Wildman–Crippen LogP) is 5.75. The van der Waals surface area contributed by atoms with E-state index in [1.807, 2.05) is 70.2 Å². The fourth-order valence-corrected chi connectivity index (χ4v) is 7.66. The molecule has 0 saturated heterocycles. The van der Waals surface area contributed by atoms with Crippen LogP contribution in [0.5, 0.6) is 0 Å². The van der Waals surface area contributed by atoms with Crippen molar-refractivity contribution in [3.63, 3.8) is 0 Å². The molecular weight excluding hydrogens is 627 g/mol. The standard InChI is InChI=1S/C21H25NO5S.C14H22O3S/c1-4-15-9-10-17(18(13-15)16-8-6-5-7-14(16)2)20(23)22-19(21(24)25)11-12-28(3,26)27;1-4-13(10-12(2)11-17-3)18(15,16)14-8-6-5-7-9-14/h5-10,13,19H,4,11-12H2,1-3H3,(H,22,23)(H,24,25);5-9,12-13H,4,10-11H2,1-3H3. The minimum Gasteiger partial charge on any atom is -0.480 e. The van der Waals surface area contributed by atoms with Crippen LogP contribution < -0.4 is 5.32 Å². The molecule has 0 bridgehead atoms. The van der Waals surface area contributed by atoms with Crippen molar-refractivity contribution in [3.05, 3.63) is 89.5 Å². The van der Waals surface area contributed by atoms with Gasteiger partial charge in [0.05, 0.1) is 15.9 Å². The van der Waals surface area contributed by atoms with Crippen molar-refractivity contribution < 1.29 is 36.3 Å². The van der Waals surface area contributed by atoms with Crippen LogP contribution in [0, 0.1) is 12.8 Å². The molecule has 0 aliphatic carbocycles. The van der Waals surface area contributed by atoms with Gasteiger partial charge in [-0.1, -0.05) is 75.4 Å². The van der Waals surface area contributed by atoms with Gasteiger partial charge in [-0.2, -0.15) is 0 Å². The molecule has 0 aliphatic heterocycles. The third-order valence-corrected chi connectivity index (χ3v) is 10.9. The average Bonchev–Trinajstić information content (AvgIpc) is 3.02. The number of carbonyl (C=O) groups excluding carboxylic acids is 1. The lowest BCUT2D eigenvalue weighted by molar-refractivity contribution is -0.139. The first-order chi connectivity index (χ1) is 21.6. The number of hydrogen-bond acceptors (Lipinski definition) is 7. The normalized spacial score (nSPS) is 13.5. The van der Waals surface area contributed by atoms with Crippen LogP contribution in [-0.4, -0.2) is 70.8 Å². The van der Waals surface area contributed by atoms with Crippen molar-refractivity contribution in [1.29, 1.82) is 0 Å². The summed E-state index contributed by atoms with van der Waals surface area (Å²) >= 11 is 0. The molecule has 3 atom stereocenters. The first-order valence-corrected chi connectivity index (χ1v) is 18.9. The fraction of sp³-hybridized carbons (Fsp3) is 0.429. The van der Waals surface area contributed by atoms with Gasteiger partial charge < -0.3 is 15.2 Å². The number of benzene rings is 3. The molecular formula is C35H47NO8S2. The molecule has 0 aliphatic rings. The number of ether oxygens (including phenoxy) is 1. The van der Waals surface area contributed by atoms with Crippen LogP contribution >= 0.6 is 0 Å². The summed E-state index contributed by atoms with van der Waals surface area (Å²) in [6.45, 7) is 8.50. The molecule has 1 amide bonds. The summed E-state index contributed by atoms with van der Waals surface area (Å²) in [5, 5.41) is 11.5. The molecule has 11 heteroatoms. The highest BCUT2D eigenvalue weighted by molar-refractivity contribution is 7.92. The fourth-order valence-electron chi connectivity index (χ4n) is 5.05. The molecule has 9 nitrogen and oxygen atoms in total. The Morgan fingerprint density at radius 2 is 1.54 bits per heavy atom. The van der Waals surface area contributed by atoms with Crippen LogP contribution in [0.15, 0.2) is 77.7 Å². The second-order valence-corrected chi connectivity index (χ2v) is 16.0. The van der Waals surface area contributed by atoms with Gasteiger partial charge in [0.1, 0.15) is 15.9 Å². The summed E-state index contributed by atoms with van der Waals surface area (Å²) in [6.07, 6.45) is 2.92. The number of rotatable bonds is 15. The maximum Gasteiger partial charge on any atom is 0.326 e. The van der Waals surface area contributed by atoms with Crippen molar-refractivity contribution in [2.45, 2.75) is 69.6 Å². The third-order valence-electron chi connectivity index (χ3n) is 7.64. The summed E-state index contributed by atoms with van der Waals surface area (Å²) in [5.41, 5.74) is 4.03. The van der Waals surface area contributed by atoms with E-state index in [4.69, 9.17) is 4.74 Å². The molecule has 0 radical (unpaired) electrons. The summed E-state index contributed by atoms with van der Waals surface area (Å²) in [6, 6.07) is 20.5. The van der Waals surface area contributed by atoms with Gasteiger partial charge in [0.2, 0.25) is 0 Å². The van der Waals surface area contributed by atoms with E-state index in [-0.39, 0.29) is 23.3 Å².